The number of benzene rings is 1. The van der Waals surface area contributed by atoms with Crippen molar-refractivity contribution in [2.75, 3.05) is 6.54 Å². The van der Waals surface area contributed by atoms with E-state index in [4.69, 9.17) is 0 Å². The molecule has 26 heavy (non-hydrogen) atoms. The van der Waals surface area contributed by atoms with Crippen LogP contribution in [-0.2, 0) is 6.42 Å². The molecule has 0 atom stereocenters. The summed E-state index contributed by atoms with van der Waals surface area (Å²) >= 11 is 0. The molecule has 3 aromatic heterocycles. The molecule has 1 aromatic carbocycles. The summed E-state index contributed by atoms with van der Waals surface area (Å²) in [6.45, 7) is 2.37. The third-order valence-electron chi connectivity index (χ3n) is 4.27. The number of hydrogen-bond acceptors (Lipinski definition) is 4. The Morgan fingerprint density at radius 1 is 1.08 bits per heavy atom. The molecule has 0 unspecified atom stereocenters. The van der Waals surface area contributed by atoms with E-state index in [9.17, 15) is 4.79 Å². The van der Waals surface area contributed by atoms with Crippen LogP contribution in [0.1, 0.15) is 21.9 Å². The molecule has 0 saturated heterocycles. The highest BCUT2D eigenvalue weighted by atomic mass is 16.1. The summed E-state index contributed by atoms with van der Waals surface area (Å²) in [7, 11) is 0. The van der Waals surface area contributed by atoms with Crippen molar-refractivity contribution in [3.63, 3.8) is 0 Å². The van der Waals surface area contributed by atoms with E-state index in [1.807, 2.05) is 66.1 Å². The van der Waals surface area contributed by atoms with Gasteiger partial charge in [0.05, 0.1) is 23.1 Å². The maximum Gasteiger partial charge on any atom is 0.254 e. The first kappa shape index (κ1) is 16.0. The van der Waals surface area contributed by atoms with E-state index in [-0.39, 0.29) is 5.91 Å². The second-order valence-corrected chi connectivity index (χ2v) is 5.94. The number of fused-ring (bicyclic) bond motifs is 1. The first-order valence-corrected chi connectivity index (χ1v) is 8.41. The number of para-hydroxylation sites is 1. The van der Waals surface area contributed by atoms with Crippen LogP contribution < -0.4 is 5.32 Å². The van der Waals surface area contributed by atoms with Crippen molar-refractivity contribution in [3.8, 4) is 5.69 Å². The van der Waals surface area contributed by atoms with Gasteiger partial charge in [0.15, 0.2) is 5.65 Å². The number of nitrogens with zero attached hydrogens (tertiary/aromatic N) is 5. The first-order valence-electron chi connectivity index (χ1n) is 8.41. The van der Waals surface area contributed by atoms with Crippen LogP contribution in [0.3, 0.4) is 0 Å². The van der Waals surface area contributed by atoms with Gasteiger partial charge in [0.2, 0.25) is 0 Å². The Balaban J connectivity index is 1.43. The average molecular weight is 346 g/mol. The number of pyridine rings is 1. The van der Waals surface area contributed by atoms with Crippen LogP contribution in [0.2, 0.25) is 0 Å². The highest BCUT2D eigenvalue weighted by molar-refractivity contribution is 5.95. The van der Waals surface area contributed by atoms with Gasteiger partial charge < -0.3 is 5.32 Å². The average Bonchev–Trinajstić information content (AvgIpc) is 3.26. The zero-order valence-electron chi connectivity index (χ0n) is 14.3. The first-order chi connectivity index (χ1) is 12.7. The SMILES string of the molecule is Cc1c(C(=O)NCCc2nnc3ccccn23)cnn1-c1ccccc1. The summed E-state index contributed by atoms with van der Waals surface area (Å²) < 4.78 is 3.69. The summed E-state index contributed by atoms with van der Waals surface area (Å²) in [6.07, 6.45) is 4.12. The number of nitrogens with one attached hydrogen (secondary N) is 1. The third-order valence-corrected chi connectivity index (χ3v) is 4.27. The predicted molar refractivity (Wildman–Crippen MR) is 97.3 cm³/mol. The largest absolute Gasteiger partial charge is 0.351 e. The fraction of sp³-hybridized carbons (Fsp3) is 0.158. The molecule has 0 aliphatic rings. The predicted octanol–water partition coefficient (Wildman–Crippen LogP) is 2.20. The summed E-state index contributed by atoms with van der Waals surface area (Å²) in [5.41, 5.74) is 3.11. The number of aromatic nitrogens is 5. The smallest absolute Gasteiger partial charge is 0.254 e. The highest BCUT2D eigenvalue weighted by Gasteiger charge is 2.15. The minimum Gasteiger partial charge on any atom is -0.351 e. The van der Waals surface area contributed by atoms with Gasteiger partial charge in [-0.1, -0.05) is 24.3 Å². The number of hydrogen-bond donors (Lipinski definition) is 1. The molecule has 4 rings (SSSR count). The Labute approximate surface area is 150 Å². The summed E-state index contributed by atoms with van der Waals surface area (Å²) in [4.78, 5) is 12.5. The third kappa shape index (κ3) is 2.95. The van der Waals surface area contributed by atoms with E-state index in [2.05, 4.69) is 20.6 Å². The molecule has 0 saturated carbocycles. The van der Waals surface area contributed by atoms with E-state index in [1.54, 1.807) is 10.9 Å². The van der Waals surface area contributed by atoms with Gasteiger partial charge in [0, 0.05) is 19.2 Å². The second-order valence-electron chi connectivity index (χ2n) is 5.94. The van der Waals surface area contributed by atoms with Crippen LogP contribution in [0.5, 0.6) is 0 Å². The molecule has 0 fully saturated rings. The molecule has 0 radical (unpaired) electrons. The molecule has 4 aromatic rings. The van der Waals surface area contributed by atoms with Crippen LogP contribution in [0.15, 0.2) is 60.9 Å². The van der Waals surface area contributed by atoms with Gasteiger partial charge in [-0.2, -0.15) is 5.10 Å². The molecular weight excluding hydrogens is 328 g/mol. The van der Waals surface area contributed by atoms with Gasteiger partial charge in [-0.25, -0.2) is 4.68 Å². The topological polar surface area (TPSA) is 77.1 Å². The van der Waals surface area contributed by atoms with Gasteiger partial charge in [0.1, 0.15) is 5.82 Å². The van der Waals surface area contributed by atoms with Crippen molar-refractivity contribution in [3.05, 3.63) is 78.0 Å². The quantitative estimate of drug-likeness (QED) is 0.601. The Morgan fingerprint density at radius 3 is 2.73 bits per heavy atom. The van der Waals surface area contributed by atoms with E-state index in [1.165, 1.54) is 0 Å². The summed E-state index contributed by atoms with van der Waals surface area (Å²) in [5.74, 6) is 0.677. The van der Waals surface area contributed by atoms with Crippen molar-refractivity contribution in [1.82, 2.24) is 29.7 Å². The Morgan fingerprint density at radius 2 is 1.88 bits per heavy atom. The van der Waals surface area contributed by atoms with E-state index in [0.717, 1.165) is 22.9 Å². The maximum atomic E-state index is 12.5. The molecule has 0 aliphatic heterocycles. The van der Waals surface area contributed by atoms with Crippen molar-refractivity contribution < 1.29 is 4.79 Å². The Kier molecular flexibility index (Phi) is 4.18. The minimum atomic E-state index is -0.140. The summed E-state index contributed by atoms with van der Waals surface area (Å²) in [6, 6.07) is 15.5. The number of rotatable bonds is 5. The van der Waals surface area contributed by atoms with Crippen molar-refractivity contribution in [2.45, 2.75) is 13.3 Å². The normalized spacial score (nSPS) is 11.0. The zero-order chi connectivity index (χ0) is 17.9. The van der Waals surface area contributed by atoms with Crippen molar-refractivity contribution in [2.24, 2.45) is 0 Å². The Hall–Kier alpha value is -3.48. The van der Waals surface area contributed by atoms with Gasteiger partial charge in [-0.3, -0.25) is 9.20 Å². The lowest BCUT2D eigenvalue weighted by Gasteiger charge is -2.06. The van der Waals surface area contributed by atoms with Crippen LogP contribution >= 0.6 is 0 Å². The highest BCUT2D eigenvalue weighted by Crippen LogP contribution is 2.13. The number of carbonyl (C=O) groups excluding carboxylic acids is 1. The second kappa shape index (κ2) is 6.79. The molecule has 1 N–H and O–H groups in total. The molecule has 3 heterocycles. The summed E-state index contributed by atoms with van der Waals surface area (Å²) in [5, 5.41) is 15.6. The van der Waals surface area contributed by atoms with Gasteiger partial charge in [-0.15, -0.1) is 10.2 Å². The maximum absolute atomic E-state index is 12.5. The monoisotopic (exact) mass is 346 g/mol. The van der Waals surface area contributed by atoms with Crippen molar-refractivity contribution in [1.29, 1.82) is 0 Å². The van der Waals surface area contributed by atoms with Crippen LogP contribution in [-0.4, -0.2) is 36.8 Å². The molecule has 0 bridgehead atoms. The van der Waals surface area contributed by atoms with Gasteiger partial charge in [0.25, 0.3) is 5.91 Å². The van der Waals surface area contributed by atoms with Crippen molar-refractivity contribution >= 4 is 11.6 Å². The molecule has 0 aliphatic carbocycles. The lowest BCUT2D eigenvalue weighted by molar-refractivity contribution is 0.0953. The van der Waals surface area contributed by atoms with Crippen LogP contribution in [0, 0.1) is 6.92 Å². The van der Waals surface area contributed by atoms with Gasteiger partial charge >= 0.3 is 0 Å². The van der Waals surface area contributed by atoms with E-state index < -0.39 is 0 Å². The molecule has 130 valence electrons. The van der Waals surface area contributed by atoms with E-state index in [0.29, 0.717) is 18.5 Å². The fourth-order valence-electron chi connectivity index (χ4n) is 2.91. The fourth-order valence-corrected chi connectivity index (χ4v) is 2.91. The molecule has 7 nitrogen and oxygen atoms in total. The molecule has 1 amide bonds. The lowest BCUT2D eigenvalue weighted by Crippen LogP contribution is -2.26. The van der Waals surface area contributed by atoms with Crippen LogP contribution in [0.25, 0.3) is 11.3 Å². The van der Waals surface area contributed by atoms with Crippen LogP contribution in [0.4, 0.5) is 0 Å². The zero-order valence-corrected chi connectivity index (χ0v) is 14.3. The lowest BCUT2D eigenvalue weighted by atomic mass is 10.2. The van der Waals surface area contributed by atoms with E-state index >= 15 is 0 Å². The van der Waals surface area contributed by atoms with Gasteiger partial charge in [-0.05, 0) is 31.2 Å². The Bertz CT molecular complexity index is 1050. The number of carbonyl (C=O) groups is 1. The molecule has 7 heteroatoms. The number of amides is 1. The molecular formula is C19H18N6O. The standard InChI is InChI=1S/C19H18N6O/c1-14-16(13-21-25(14)15-7-3-2-4-8-15)19(26)20-11-10-18-23-22-17-9-5-6-12-24(17)18/h2-9,12-13H,10-11H2,1H3,(H,20,26). The minimum absolute atomic E-state index is 0.140. The molecule has 0 spiro atoms.